The Labute approximate surface area is 237 Å². The Bertz CT molecular complexity index is 1090. The Morgan fingerprint density at radius 2 is 1.76 bits per heavy atom. The van der Waals surface area contributed by atoms with Crippen molar-refractivity contribution >= 4 is 11.8 Å². The Kier molecular flexibility index (Phi) is 10.5. The summed E-state index contributed by atoms with van der Waals surface area (Å²) < 4.78 is 28.2. The van der Waals surface area contributed by atoms with Crippen molar-refractivity contribution in [1.82, 2.24) is 0 Å². The van der Waals surface area contributed by atoms with Gasteiger partial charge in [-0.1, -0.05) is 18.2 Å². The number of carbonyl (C=O) groups is 2. The molecular formula is C29H38O12. The minimum Gasteiger partial charge on any atom is -0.508 e. The van der Waals surface area contributed by atoms with Crippen LogP contribution in [0.3, 0.4) is 0 Å². The highest BCUT2D eigenvalue weighted by Crippen LogP contribution is 2.39. The molecule has 226 valence electrons. The van der Waals surface area contributed by atoms with E-state index in [0.717, 1.165) is 5.56 Å². The molecular weight excluding hydrogens is 540 g/mol. The average molecular weight is 579 g/mol. The summed E-state index contributed by atoms with van der Waals surface area (Å²) >= 11 is 0. The number of methoxy groups -OCH3 is 1. The van der Waals surface area contributed by atoms with E-state index in [1.54, 1.807) is 12.1 Å². The Balaban J connectivity index is 1.48. The molecule has 3 heterocycles. The lowest BCUT2D eigenvalue weighted by Crippen LogP contribution is -2.60. The molecule has 0 saturated carbocycles. The highest BCUT2D eigenvalue weighted by Gasteiger charge is 2.48. The van der Waals surface area contributed by atoms with Gasteiger partial charge in [-0.3, -0.25) is 4.79 Å². The maximum absolute atomic E-state index is 12.7. The lowest BCUT2D eigenvalue weighted by Gasteiger charge is -2.43. The number of esters is 1. The number of aliphatic hydroxyl groups excluding tert-OH is 4. The van der Waals surface area contributed by atoms with Crippen LogP contribution in [0.5, 0.6) is 5.75 Å². The van der Waals surface area contributed by atoms with Gasteiger partial charge in [0.1, 0.15) is 35.9 Å². The number of carbonyl (C=O) groups excluding carboxylic acids is 2. The smallest absolute Gasteiger partial charge is 0.337 e. The lowest BCUT2D eigenvalue weighted by molar-refractivity contribution is -0.339. The third-order valence-electron chi connectivity index (χ3n) is 7.82. The van der Waals surface area contributed by atoms with Crippen molar-refractivity contribution < 1.29 is 58.8 Å². The van der Waals surface area contributed by atoms with Crippen molar-refractivity contribution in [3.8, 4) is 5.75 Å². The molecule has 0 unspecified atom stereocenters. The zero-order valence-electron chi connectivity index (χ0n) is 22.8. The first-order chi connectivity index (χ1) is 19.6. The molecule has 0 aromatic heterocycles. The average Bonchev–Trinajstić information content (AvgIpc) is 2.96. The topological polar surface area (TPSA) is 181 Å². The summed E-state index contributed by atoms with van der Waals surface area (Å²) in [5.74, 6) is -1.74. The second-order valence-electron chi connectivity index (χ2n) is 10.6. The zero-order valence-corrected chi connectivity index (χ0v) is 22.8. The largest absolute Gasteiger partial charge is 0.508 e. The number of aliphatic hydroxyl groups is 4. The first-order valence-electron chi connectivity index (χ1n) is 13.6. The van der Waals surface area contributed by atoms with Crippen LogP contribution in [0.2, 0.25) is 0 Å². The highest BCUT2D eigenvalue weighted by molar-refractivity contribution is 5.89. The second kappa shape index (κ2) is 13.9. The SMILES string of the molecule is C=C[C@H]1[C@@H](O[C@H]2O[C@@H](CO)[C@@H](O)[C@@H](O)[C@H]2O)OC=C(C(=O)OC)[C@H]1C[C@@H]1CC(=O)C[C@H](CCc2ccc(O)cc2)O1. The first kappa shape index (κ1) is 31.1. The van der Waals surface area contributed by atoms with E-state index in [0.29, 0.717) is 12.8 Å². The summed E-state index contributed by atoms with van der Waals surface area (Å²) in [6, 6.07) is 6.85. The number of phenolic OH excluding ortho intramolecular Hbond substituents is 1. The van der Waals surface area contributed by atoms with Gasteiger partial charge in [-0.2, -0.15) is 0 Å². The molecule has 3 aliphatic heterocycles. The van der Waals surface area contributed by atoms with E-state index in [4.69, 9.17) is 23.7 Å². The van der Waals surface area contributed by atoms with E-state index in [1.807, 2.05) is 12.1 Å². The molecule has 0 radical (unpaired) electrons. The molecule has 41 heavy (non-hydrogen) atoms. The van der Waals surface area contributed by atoms with Gasteiger partial charge in [0.05, 0.1) is 37.8 Å². The van der Waals surface area contributed by atoms with Crippen LogP contribution in [0.15, 0.2) is 48.8 Å². The van der Waals surface area contributed by atoms with Crippen molar-refractivity contribution in [3.05, 3.63) is 54.3 Å². The predicted molar refractivity (Wildman–Crippen MR) is 141 cm³/mol. The summed E-state index contributed by atoms with van der Waals surface area (Å²) in [5.41, 5.74) is 1.19. The Hall–Kier alpha value is -2.84. The van der Waals surface area contributed by atoms with E-state index in [9.17, 15) is 35.1 Å². The maximum atomic E-state index is 12.7. The van der Waals surface area contributed by atoms with Gasteiger partial charge >= 0.3 is 5.97 Å². The summed E-state index contributed by atoms with van der Waals surface area (Å²) in [7, 11) is 1.24. The van der Waals surface area contributed by atoms with Crippen LogP contribution in [-0.2, 0) is 39.7 Å². The van der Waals surface area contributed by atoms with Crippen molar-refractivity contribution in [2.24, 2.45) is 11.8 Å². The molecule has 1 aromatic rings. The van der Waals surface area contributed by atoms with Gasteiger partial charge in [0.25, 0.3) is 0 Å². The number of hydrogen-bond acceptors (Lipinski definition) is 12. The van der Waals surface area contributed by atoms with Crippen LogP contribution in [-0.4, -0.2) is 100 Å². The number of phenols is 1. The number of ether oxygens (including phenoxy) is 5. The molecule has 0 amide bonds. The molecule has 1 aromatic carbocycles. The molecule has 10 atom stereocenters. The minimum atomic E-state index is -1.65. The highest BCUT2D eigenvalue weighted by atomic mass is 16.8. The predicted octanol–water partition coefficient (Wildman–Crippen LogP) is 0.480. The third kappa shape index (κ3) is 7.33. The maximum Gasteiger partial charge on any atom is 0.337 e. The molecule has 0 bridgehead atoms. The number of benzene rings is 1. The zero-order chi connectivity index (χ0) is 29.7. The van der Waals surface area contributed by atoms with E-state index >= 15 is 0 Å². The number of rotatable bonds is 10. The molecule has 12 heteroatoms. The van der Waals surface area contributed by atoms with Crippen LogP contribution < -0.4 is 0 Å². The van der Waals surface area contributed by atoms with Crippen LogP contribution in [0, 0.1) is 11.8 Å². The molecule has 5 N–H and O–H groups in total. The number of aromatic hydroxyl groups is 1. The summed E-state index contributed by atoms with van der Waals surface area (Å²) in [5, 5.41) is 49.7. The molecule has 2 fully saturated rings. The van der Waals surface area contributed by atoms with Gasteiger partial charge < -0.3 is 49.2 Å². The van der Waals surface area contributed by atoms with E-state index in [2.05, 4.69) is 6.58 Å². The summed E-state index contributed by atoms with van der Waals surface area (Å²) in [6.07, 6.45) is -4.88. The molecule has 12 nitrogen and oxygen atoms in total. The number of ketones is 1. The van der Waals surface area contributed by atoms with Gasteiger partial charge in [-0.25, -0.2) is 4.79 Å². The quantitative estimate of drug-likeness (QED) is 0.192. The van der Waals surface area contributed by atoms with Crippen LogP contribution >= 0.6 is 0 Å². The molecule has 3 aliphatic rings. The summed E-state index contributed by atoms with van der Waals surface area (Å²) in [6.45, 7) is 3.24. The second-order valence-corrected chi connectivity index (χ2v) is 10.6. The van der Waals surface area contributed by atoms with Gasteiger partial charge in [0.15, 0.2) is 6.29 Å². The van der Waals surface area contributed by atoms with E-state index in [-0.39, 0.29) is 42.5 Å². The fourth-order valence-corrected chi connectivity index (χ4v) is 5.57. The van der Waals surface area contributed by atoms with Crippen molar-refractivity contribution in [2.45, 2.75) is 81.3 Å². The van der Waals surface area contributed by atoms with Gasteiger partial charge in [-0.15, -0.1) is 6.58 Å². The molecule has 0 spiro atoms. The van der Waals surface area contributed by atoms with Crippen molar-refractivity contribution in [2.75, 3.05) is 13.7 Å². The monoisotopic (exact) mass is 578 g/mol. The van der Waals surface area contributed by atoms with Gasteiger partial charge in [0, 0.05) is 24.7 Å². The van der Waals surface area contributed by atoms with E-state index < -0.39 is 67.5 Å². The fourth-order valence-electron chi connectivity index (χ4n) is 5.57. The fraction of sp³-hybridized carbons (Fsp3) is 0.586. The third-order valence-corrected chi connectivity index (χ3v) is 7.82. The van der Waals surface area contributed by atoms with E-state index in [1.165, 1.54) is 19.4 Å². The molecule has 0 aliphatic carbocycles. The molecule has 4 rings (SSSR count). The normalized spacial score (nSPS) is 35.7. The Morgan fingerprint density at radius 1 is 1.05 bits per heavy atom. The summed E-state index contributed by atoms with van der Waals surface area (Å²) in [4.78, 5) is 25.4. The van der Waals surface area contributed by atoms with Gasteiger partial charge in [0.2, 0.25) is 6.29 Å². The van der Waals surface area contributed by atoms with Gasteiger partial charge in [-0.05, 0) is 37.0 Å². The van der Waals surface area contributed by atoms with Crippen LogP contribution in [0.4, 0.5) is 0 Å². The number of aryl methyl sites for hydroxylation is 1. The molecule has 2 saturated heterocycles. The Morgan fingerprint density at radius 3 is 2.41 bits per heavy atom. The standard InChI is InChI=1S/C29H38O12/c1-3-20-21(12-19-11-17(32)10-18(39-19)9-6-15-4-7-16(31)8-5-15)22(27(36)37-2)14-38-28(20)41-29-26(35)25(34)24(33)23(13-30)40-29/h3-5,7-8,14,18-21,23-26,28-31,33-35H,1,6,9-13H2,2H3/t18-,19-,20+,21-,23-,24+,25+,26+,28+,29+/m0/s1. The first-order valence-corrected chi connectivity index (χ1v) is 13.6. The van der Waals surface area contributed by atoms with Crippen molar-refractivity contribution in [3.63, 3.8) is 0 Å². The lowest BCUT2D eigenvalue weighted by atomic mass is 9.78. The number of hydrogen-bond donors (Lipinski definition) is 5. The van der Waals surface area contributed by atoms with Crippen LogP contribution in [0.1, 0.15) is 31.2 Å². The number of Topliss-reactive ketones (excluding diaryl/α,β-unsaturated/α-hetero) is 1. The van der Waals surface area contributed by atoms with Crippen molar-refractivity contribution in [1.29, 1.82) is 0 Å². The van der Waals surface area contributed by atoms with Crippen LogP contribution in [0.25, 0.3) is 0 Å². The minimum absolute atomic E-state index is 0.0388.